The molecule has 0 aliphatic carbocycles. The Labute approximate surface area is 172 Å². The lowest BCUT2D eigenvalue weighted by molar-refractivity contribution is -0.148. The molecule has 0 unspecified atom stereocenters. The topological polar surface area (TPSA) is 105 Å². The van der Waals surface area contributed by atoms with E-state index in [1.807, 2.05) is 0 Å². The fraction of sp³-hybridized carbons (Fsp3) is 0.150. The number of anilines is 1. The zero-order valence-electron chi connectivity index (χ0n) is 14.9. The maximum Gasteiger partial charge on any atom is 0.353 e. The largest absolute Gasteiger partial charge is 0.478 e. The molecule has 1 atom stereocenters. The van der Waals surface area contributed by atoms with Crippen molar-refractivity contribution in [2.75, 3.05) is 4.90 Å². The van der Waals surface area contributed by atoms with Gasteiger partial charge in [0.15, 0.2) is 11.5 Å². The van der Waals surface area contributed by atoms with Crippen LogP contribution >= 0.6 is 15.9 Å². The number of carboxylic acid groups (broad SMARTS) is 1. The van der Waals surface area contributed by atoms with Gasteiger partial charge in [-0.3, -0.25) is 14.5 Å². The van der Waals surface area contributed by atoms with Crippen LogP contribution in [0.15, 0.2) is 57.8 Å². The second-order valence-corrected chi connectivity index (χ2v) is 7.80. The average molecular weight is 453 g/mol. The van der Waals surface area contributed by atoms with Gasteiger partial charge < -0.3 is 5.11 Å². The summed E-state index contributed by atoms with van der Waals surface area (Å²) in [6.45, 7) is 0. The van der Waals surface area contributed by atoms with E-state index in [0.717, 1.165) is 0 Å². The highest BCUT2D eigenvalue weighted by atomic mass is 79.9. The van der Waals surface area contributed by atoms with Crippen molar-refractivity contribution in [3.8, 4) is 22.6 Å². The van der Waals surface area contributed by atoms with Crippen molar-refractivity contribution in [1.82, 2.24) is 14.8 Å². The minimum Gasteiger partial charge on any atom is -0.478 e. The Morgan fingerprint density at radius 2 is 1.90 bits per heavy atom. The van der Waals surface area contributed by atoms with Gasteiger partial charge in [0, 0.05) is 28.4 Å². The van der Waals surface area contributed by atoms with Crippen LogP contribution in [0.1, 0.15) is 12.8 Å². The normalized spacial score (nSPS) is 19.5. The number of aromatic nitrogens is 3. The third-order valence-corrected chi connectivity index (χ3v) is 5.79. The van der Waals surface area contributed by atoms with E-state index >= 15 is 0 Å². The molecule has 3 heterocycles. The summed E-state index contributed by atoms with van der Waals surface area (Å²) >= 11 is 3.39. The lowest BCUT2D eigenvalue weighted by atomic mass is 10.00. The molecule has 5 rings (SSSR count). The van der Waals surface area contributed by atoms with E-state index in [0.29, 0.717) is 21.3 Å². The van der Waals surface area contributed by atoms with Crippen LogP contribution in [0.25, 0.3) is 22.6 Å². The van der Waals surface area contributed by atoms with Crippen molar-refractivity contribution in [2.24, 2.45) is 0 Å². The molecule has 29 heavy (non-hydrogen) atoms. The van der Waals surface area contributed by atoms with Crippen LogP contribution < -0.4 is 10.5 Å². The van der Waals surface area contributed by atoms with Gasteiger partial charge >= 0.3 is 5.97 Å². The van der Waals surface area contributed by atoms with Gasteiger partial charge in [0.1, 0.15) is 0 Å². The number of halogens is 1. The van der Waals surface area contributed by atoms with Gasteiger partial charge in [-0.15, -0.1) is 0 Å². The summed E-state index contributed by atoms with van der Waals surface area (Å²) in [5.41, 5.74) is -0.900. The number of hydrogen-bond acceptors (Lipinski definition) is 5. The molecule has 2 aromatic carbocycles. The Morgan fingerprint density at radius 3 is 2.62 bits per heavy atom. The summed E-state index contributed by atoms with van der Waals surface area (Å²) in [6.07, 6.45) is 0.0746. The van der Waals surface area contributed by atoms with Gasteiger partial charge in [0.25, 0.3) is 5.56 Å². The standard InChI is InChI=1S/C20H13BrN4O4/c21-12-6-7-14-13(10-12)17-22-18(27)16(11-4-2-1-3-5-11)23-25(17)20(19(28)29)9-8-15(26)24(14)20/h1-7,10H,8-9H2,(H,28,29)/t20-/m1/s1. The van der Waals surface area contributed by atoms with Crippen molar-refractivity contribution < 1.29 is 14.7 Å². The number of carboxylic acids is 1. The molecule has 1 aromatic heterocycles. The lowest BCUT2D eigenvalue weighted by Gasteiger charge is -2.41. The van der Waals surface area contributed by atoms with Gasteiger partial charge in [-0.2, -0.15) is 10.1 Å². The second-order valence-electron chi connectivity index (χ2n) is 6.88. The van der Waals surface area contributed by atoms with E-state index in [1.165, 1.54) is 9.58 Å². The number of aliphatic carboxylic acids is 1. The summed E-state index contributed by atoms with van der Waals surface area (Å²) in [7, 11) is 0. The molecule has 2 aliphatic rings. The van der Waals surface area contributed by atoms with Gasteiger partial charge in [0.2, 0.25) is 11.6 Å². The Morgan fingerprint density at radius 1 is 1.14 bits per heavy atom. The quantitative estimate of drug-likeness (QED) is 0.640. The number of carbonyl (C=O) groups excluding carboxylic acids is 1. The SMILES string of the molecule is O=C1CC[C@@]2(C(=O)O)N1c1ccc(Br)cc1-c1nc(=O)c(-c3ccccc3)nn12. The third kappa shape index (κ3) is 2.34. The lowest BCUT2D eigenvalue weighted by Crippen LogP contribution is -2.58. The molecular formula is C20H13BrN4O4. The number of benzene rings is 2. The Balaban J connectivity index is 1.90. The maximum atomic E-state index is 12.8. The minimum absolute atomic E-state index is 0.0233. The molecule has 3 aromatic rings. The van der Waals surface area contributed by atoms with Gasteiger partial charge in [-0.1, -0.05) is 46.3 Å². The number of fused-ring (bicyclic) bond motifs is 6. The summed E-state index contributed by atoms with van der Waals surface area (Å²) in [5.74, 6) is -1.42. The van der Waals surface area contributed by atoms with Crippen molar-refractivity contribution >= 4 is 33.5 Å². The second kappa shape index (κ2) is 6.08. The first-order chi connectivity index (χ1) is 13.9. The molecule has 9 heteroatoms. The maximum absolute atomic E-state index is 12.8. The Bertz CT molecular complexity index is 1260. The number of amides is 1. The Kier molecular flexibility index (Phi) is 3.72. The van der Waals surface area contributed by atoms with Crippen molar-refractivity contribution in [2.45, 2.75) is 18.5 Å². The van der Waals surface area contributed by atoms with E-state index < -0.39 is 17.2 Å². The highest BCUT2D eigenvalue weighted by Crippen LogP contribution is 2.48. The van der Waals surface area contributed by atoms with Crippen molar-refractivity contribution in [3.63, 3.8) is 0 Å². The zero-order chi connectivity index (χ0) is 20.3. The van der Waals surface area contributed by atoms with Crippen LogP contribution in [0, 0.1) is 0 Å². The zero-order valence-corrected chi connectivity index (χ0v) is 16.5. The number of carbonyl (C=O) groups is 2. The summed E-state index contributed by atoms with van der Waals surface area (Å²) < 4.78 is 1.93. The summed E-state index contributed by atoms with van der Waals surface area (Å²) in [6, 6.07) is 13.8. The summed E-state index contributed by atoms with van der Waals surface area (Å²) in [4.78, 5) is 43.5. The van der Waals surface area contributed by atoms with E-state index in [1.54, 1.807) is 48.5 Å². The van der Waals surface area contributed by atoms with Gasteiger partial charge in [0.05, 0.1) is 5.69 Å². The van der Waals surface area contributed by atoms with Crippen LogP contribution in [-0.4, -0.2) is 31.7 Å². The van der Waals surface area contributed by atoms with Crippen LogP contribution in [0.2, 0.25) is 0 Å². The molecule has 0 saturated carbocycles. The first-order valence-electron chi connectivity index (χ1n) is 8.87. The molecule has 1 N–H and O–H groups in total. The molecule has 2 aliphatic heterocycles. The van der Waals surface area contributed by atoms with Crippen molar-refractivity contribution in [1.29, 1.82) is 0 Å². The predicted molar refractivity (Wildman–Crippen MR) is 107 cm³/mol. The first-order valence-corrected chi connectivity index (χ1v) is 9.66. The summed E-state index contributed by atoms with van der Waals surface area (Å²) in [5, 5.41) is 14.6. The number of hydrogen-bond donors (Lipinski definition) is 1. The fourth-order valence-corrected chi connectivity index (χ4v) is 4.38. The van der Waals surface area contributed by atoms with E-state index in [2.05, 4.69) is 26.0 Å². The van der Waals surface area contributed by atoms with Gasteiger partial charge in [-0.05, 0) is 18.2 Å². The molecule has 144 valence electrons. The van der Waals surface area contributed by atoms with Crippen molar-refractivity contribution in [3.05, 3.63) is 63.4 Å². The molecule has 8 nitrogen and oxygen atoms in total. The van der Waals surface area contributed by atoms with Crippen LogP contribution in [-0.2, 0) is 15.3 Å². The molecule has 1 saturated heterocycles. The molecule has 0 spiro atoms. The number of nitrogens with zero attached hydrogens (tertiary/aromatic N) is 4. The number of rotatable bonds is 2. The fourth-order valence-electron chi connectivity index (χ4n) is 4.02. The minimum atomic E-state index is -1.77. The highest BCUT2D eigenvalue weighted by Gasteiger charge is 2.58. The van der Waals surface area contributed by atoms with E-state index in [4.69, 9.17) is 0 Å². The Hall–Kier alpha value is -3.33. The molecule has 1 fully saturated rings. The van der Waals surface area contributed by atoms with Gasteiger partial charge in [-0.25, -0.2) is 9.48 Å². The predicted octanol–water partition coefficient (Wildman–Crippen LogP) is 2.61. The van der Waals surface area contributed by atoms with Crippen LogP contribution in [0.4, 0.5) is 5.69 Å². The van der Waals surface area contributed by atoms with Crippen LogP contribution in [0.5, 0.6) is 0 Å². The smallest absolute Gasteiger partial charge is 0.353 e. The molecule has 0 radical (unpaired) electrons. The molecular weight excluding hydrogens is 440 g/mol. The van der Waals surface area contributed by atoms with Crippen LogP contribution in [0.3, 0.4) is 0 Å². The van der Waals surface area contributed by atoms with E-state index in [-0.39, 0.29) is 30.3 Å². The van der Waals surface area contributed by atoms with E-state index in [9.17, 15) is 19.5 Å². The highest BCUT2D eigenvalue weighted by molar-refractivity contribution is 9.10. The monoisotopic (exact) mass is 452 g/mol. The average Bonchev–Trinajstić information content (AvgIpc) is 3.07. The first kappa shape index (κ1) is 17.7. The molecule has 0 bridgehead atoms. The molecule has 1 amide bonds. The third-order valence-electron chi connectivity index (χ3n) is 5.30.